The number of sulfonamides is 1. The number of hydrogen-bond donors (Lipinski definition) is 2. The van der Waals surface area contributed by atoms with E-state index in [0.29, 0.717) is 48.2 Å². The molecule has 3 fully saturated rings. The quantitative estimate of drug-likeness (QED) is 0.412. The Bertz CT molecular complexity index is 1600. The molecule has 3 aromatic rings. The van der Waals surface area contributed by atoms with Crippen LogP contribution in [0.1, 0.15) is 47.8 Å². The van der Waals surface area contributed by atoms with Gasteiger partial charge in [0.2, 0.25) is 10.0 Å². The van der Waals surface area contributed by atoms with Crippen molar-refractivity contribution in [3.63, 3.8) is 0 Å². The summed E-state index contributed by atoms with van der Waals surface area (Å²) in [6, 6.07) is 6.90. The third-order valence-electron chi connectivity index (χ3n) is 8.04. The topological polar surface area (TPSA) is 115 Å². The van der Waals surface area contributed by atoms with Crippen LogP contribution >= 0.6 is 11.6 Å². The molecule has 2 N–H and O–H groups in total. The number of piperidine rings is 1. The molecular weight excluding hydrogens is 590 g/mol. The van der Waals surface area contributed by atoms with E-state index < -0.39 is 28.5 Å². The summed E-state index contributed by atoms with van der Waals surface area (Å²) in [5.41, 5.74) is 1.53. The minimum absolute atomic E-state index is 0.129. The van der Waals surface area contributed by atoms with Gasteiger partial charge in [0.05, 0.1) is 35.3 Å². The lowest BCUT2D eigenvalue weighted by molar-refractivity contribution is 0.0607. The van der Waals surface area contributed by atoms with E-state index in [0.717, 1.165) is 44.4 Å². The summed E-state index contributed by atoms with van der Waals surface area (Å²) in [6.45, 7) is 3.29. The normalized spacial score (nSPS) is 21.6. The Morgan fingerprint density at radius 2 is 1.90 bits per heavy atom. The lowest BCUT2D eigenvalue weighted by Crippen LogP contribution is -2.54. The predicted molar refractivity (Wildman–Crippen MR) is 157 cm³/mol. The number of nitrogens with one attached hydrogen (secondary N) is 2. The SMILES string of the molecule is CS(=O)(=O)Nc1ccc(Cl)cc1C(=O)N1CCCCC1c1cc2nc(N3CCC3)cc(N3CCNC(C(F)F)C3)n2n1. The summed E-state index contributed by atoms with van der Waals surface area (Å²) >= 11 is 6.22. The third kappa shape index (κ3) is 5.84. The number of fused-ring (bicyclic) bond motifs is 1. The molecule has 11 nitrogen and oxygen atoms in total. The van der Waals surface area contributed by atoms with Crippen LogP contribution in [-0.2, 0) is 10.0 Å². The maximum atomic E-state index is 14.0. The number of halogens is 3. The molecule has 3 aliphatic rings. The van der Waals surface area contributed by atoms with Gasteiger partial charge in [-0.1, -0.05) is 11.6 Å². The fraction of sp³-hybridized carbons (Fsp3) is 0.519. The van der Waals surface area contributed by atoms with Gasteiger partial charge in [-0.15, -0.1) is 0 Å². The van der Waals surface area contributed by atoms with E-state index in [1.807, 2.05) is 17.0 Å². The van der Waals surface area contributed by atoms with E-state index in [1.54, 1.807) is 9.42 Å². The zero-order valence-electron chi connectivity index (χ0n) is 23.1. The van der Waals surface area contributed by atoms with E-state index in [4.69, 9.17) is 21.7 Å². The number of rotatable bonds is 7. The maximum absolute atomic E-state index is 14.0. The molecule has 5 heterocycles. The fourth-order valence-electron chi connectivity index (χ4n) is 5.83. The van der Waals surface area contributed by atoms with Crippen LogP contribution < -0.4 is 19.8 Å². The van der Waals surface area contributed by atoms with Gasteiger partial charge in [0, 0.05) is 56.4 Å². The van der Waals surface area contributed by atoms with Crippen LogP contribution in [0.5, 0.6) is 0 Å². The number of anilines is 3. The molecule has 2 atom stereocenters. The first kappa shape index (κ1) is 28.9. The van der Waals surface area contributed by atoms with Crippen LogP contribution in [0.15, 0.2) is 30.3 Å². The van der Waals surface area contributed by atoms with Crippen molar-refractivity contribution in [3.8, 4) is 0 Å². The zero-order chi connectivity index (χ0) is 29.6. The van der Waals surface area contributed by atoms with Gasteiger partial charge in [0.15, 0.2) is 5.65 Å². The van der Waals surface area contributed by atoms with Crippen molar-refractivity contribution in [1.29, 1.82) is 0 Å². The van der Waals surface area contributed by atoms with Crippen molar-refractivity contribution < 1.29 is 22.0 Å². The van der Waals surface area contributed by atoms with Crippen molar-refractivity contribution in [1.82, 2.24) is 24.8 Å². The molecule has 1 aromatic carbocycles. The van der Waals surface area contributed by atoms with Gasteiger partial charge in [-0.05, 0) is 43.9 Å². The lowest BCUT2D eigenvalue weighted by atomic mass is 9.98. The molecule has 3 aliphatic heterocycles. The minimum atomic E-state index is -3.64. The number of benzene rings is 1. The summed E-state index contributed by atoms with van der Waals surface area (Å²) in [6.07, 6.45) is 1.90. The van der Waals surface area contributed by atoms with Crippen LogP contribution in [0, 0.1) is 0 Å². The molecule has 6 rings (SSSR count). The molecule has 0 saturated carbocycles. The number of carbonyl (C=O) groups is 1. The van der Waals surface area contributed by atoms with Gasteiger partial charge in [-0.2, -0.15) is 9.61 Å². The Morgan fingerprint density at radius 1 is 1.10 bits per heavy atom. The highest BCUT2D eigenvalue weighted by atomic mass is 35.5. The molecule has 226 valence electrons. The van der Waals surface area contributed by atoms with Crippen molar-refractivity contribution in [2.24, 2.45) is 0 Å². The predicted octanol–water partition coefficient (Wildman–Crippen LogP) is 3.38. The Labute approximate surface area is 247 Å². The molecule has 2 unspecified atom stereocenters. The van der Waals surface area contributed by atoms with E-state index in [-0.39, 0.29) is 23.7 Å². The largest absolute Gasteiger partial charge is 0.356 e. The van der Waals surface area contributed by atoms with Gasteiger partial charge in [-0.3, -0.25) is 9.52 Å². The van der Waals surface area contributed by atoms with Crippen LogP contribution in [0.3, 0.4) is 0 Å². The number of nitrogens with zero attached hydrogens (tertiary/aromatic N) is 6. The Kier molecular flexibility index (Phi) is 7.87. The summed E-state index contributed by atoms with van der Waals surface area (Å²) in [5, 5.41) is 8.11. The molecule has 0 spiro atoms. The number of carbonyl (C=O) groups excluding carboxylic acids is 1. The summed E-state index contributed by atoms with van der Waals surface area (Å²) in [5.74, 6) is 1.10. The molecule has 3 saturated heterocycles. The molecule has 0 bridgehead atoms. The van der Waals surface area contributed by atoms with E-state index >= 15 is 0 Å². The number of likely N-dealkylation sites (tertiary alicyclic amines) is 1. The van der Waals surface area contributed by atoms with Crippen LogP contribution in [0.2, 0.25) is 5.02 Å². The van der Waals surface area contributed by atoms with Crippen LogP contribution in [0.4, 0.5) is 26.1 Å². The summed E-state index contributed by atoms with van der Waals surface area (Å²) in [4.78, 5) is 24.6. The van der Waals surface area contributed by atoms with Crippen molar-refractivity contribution >= 4 is 50.5 Å². The molecule has 1 amide bonds. The molecular formula is C27H33ClF2N8O3S. The summed E-state index contributed by atoms with van der Waals surface area (Å²) in [7, 11) is -3.64. The first-order chi connectivity index (χ1) is 20.1. The second-order valence-corrected chi connectivity index (χ2v) is 13.3. The molecule has 0 radical (unpaired) electrons. The van der Waals surface area contributed by atoms with E-state index in [1.165, 1.54) is 18.2 Å². The molecule has 2 aromatic heterocycles. The van der Waals surface area contributed by atoms with Gasteiger partial charge < -0.3 is 20.0 Å². The smallest absolute Gasteiger partial charge is 0.256 e. The average Bonchev–Trinajstić information content (AvgIpc) is 3.36. The van der Waals surface area contributed by atoms with E-state index in [2.05, 4.69) is 14.9 Å². The van der Waals surface area contributed by atoms with Crippen molar-refractivity contribution in [3.05, 3.63) is 46.6 Å². The standard InChI is InChI=1S/C27H33ClF2N8O3S/c1-42(40,41)34-19-7-6-17(28)13-18(19)27(39)37-11-3-2-5-22(37)20-14-24-32-23(35-9-4-10-35)15-25(38(24)33-20)36-12-8-31-21(16-36)26(29)30/h6-7,13-15,21-22,26,31,34H,2-5,8-12,16H2,1H3. The van der Waals surface area contributed by atoms with Crippen LogP contribution in [0.25, 0.3) is 5.65 Å². The highest BCUT2D eigenvalue weighted by Crippen LogP contribution is 2.35. The number of aromatic nitrogens is 3. The number of amides is 1. The van der Waals surface area contributed by atoms with Gasteiger partial charge in [0.25, 0.3) is 12.3 Å². The number of piperazine rings is 1. The molecule has 15 heteroatoms. The minimum Gasteiger partial charge on any atom is -0.356 e. The Balaban J connectivity index is 1.38. The van der Waals surface area contributed by atoms with Gasteiger partial charge in [-0.25, -0.2) is 22.2 Å². The first-order valence-electron chi connectivity index (χ1n) is 14.1. The van der Waals surface area contributed by atoms with Crippen molar-refractivity contribution in [2.75, 3.05) is 60.0 Å². The second kappa shape index (κ2) is 11.5. The maximum Gasteiger partial charge on any atom is 0.256 e. The third-order valence-corrected chi connectivity index (χ3v) is 8.87. The first-order valence-corrected chi connectivity index (χ1v) is 16.3. The van der Waals surface area contributed by atoms with Crippen molar-refractivity contribution in [2.45, 2.75) is 44.2 Å². The van der Waals surface area contributed by atoms with Gasteiger partial charge in [0.1, 0.15) is 11.6 Å². The average molecular weight is 623 g/mol. The molecule has 42 heavy (non-hydrogen) atoms. The van der Waals surface area contributed by atoms with Crippen LogP contribution in [-0.4, -0.2) is 91.8 Å². The summed E-state index contributed by atoms with van der Waals surface area (Å²) < 4.78 is 55.4. The second-order valence-electron chi connectivity index (χ2n) is 11.1. The lowest BCUT2D eigenvalue weighted by Gasteiger charge is -2.36. The molecule has 0 aliphatic carbocycles. The number of alkyl halides is 2. The Morgan fingerprint density at radius 3 is 2.62 bits per heavy atom. The number of hydrogen-bond acceptors (Lipinski definition) is 8. The monoisotopic (exact) mass is 622 g/mol. The highest BCUT2D eigenvalue weighted by Gasteiger charge is 2.34. The fourth-order valence-corrected chi connectivity index (χ4v) is 6.58. The highest BCUT2D eigenvalue weighted by molar-refractivity contribution is 7.92. The van der Waals surface area contributed by atoms with Gasteiger partial charge >= 0.3 is 0 Å². The Hall–Kier alpha value is -3.23. The zero-order valence-corrected chi connectivity index (χ0v) is 24.7. The van der Waals surface area contributed by atoms with E-state index in [9.17, 15) is 22.0 Å².